The second kappa shape index (κ2) is 15.9. The Kier molecular flexibility index (Phi) is 15.1. The molecule has 152 valence electrons. The number of rotatable bonds is 16. The first kappa shape index (κ1) is 24.7. The van der Waals surface area contributed by atoms with Gasteiger partial charge in [-0.1, -0.05) is 64.4 Å². The maximum Gasteiger partial charge on any atom is 0.471 e. The topological polar surface area (TPSA) is 46.2 Å². The van der Waals surface area contributed by atoms with E-state index in [1.165, 1.54) is 19.3 Å². The second-order valence-electron chi connectivity index (χ2n) is 6.70. The van der Waals surface area contributed by atoms with E-state index in [1.54, 1.807) is 6.08 Å². The summed E-state index contributed by atoms with van der Waals surface area (Å²) in [6.07, 6.45) is 11.6. The first-order valence-electron chi connectivity index (χ1n) is 9.92. The van der Waals surface area contributed by atoms with Crippen LogP contribution in [0.15, 0.2) is 12.2 Å². The van der Waals surface area contributed by atoms with Gasteiger partial charge in [-0.05, 0) is 31.8 Å². The zero-order valence-electron chi connectivity index (χ0n) is 16.0. The lowest BCUT2D eigenvalue weighted by Gasteiger charge is -2.07. The fraction of sp³-hybridized carbons (Fsp3) is 0.800. The molecule has 0 aliphatic carbocycles. The molecule has 0 aromatic rings. The van der Waals surface area contributed by atoms with Crippen LogP contribution in [0.2, 0.25) is 0 Å². The van der Waals surface area contributed by atoms with Crippen LogP contribution in [0.1, 0.15) is 90.4 Å². The Balaban J connectivity index is 3.37. The van der Waals surface area contributed by atoms with Crippen molar-refractivity contribution in [1.29, 1.82) is 0 Å². The van der Waals surface area contributed by atoms with Crippen LogP contribution >= 0.6 is 0 Å². The molecule has 0 unspecified atom stereocenters. The van der Waals surface area contributed by atoms with Crippen molar-refractivity contribution in [2.24, 2.45) is 0 Å². The zero-order chi connectivity index (χ0) is 19.7. The van der Waals surface area contributed by atoms with Gasteiger partial charge in [-0.2, -0.15) is 13.2 Å². The molecule has 0 bridgehead atoms. The highest BCUT2D eigenvalue weighted by atomic mass is 19.4. The van der Waals surface area contributed by atoms with Gasteiger partial charge in [-0.15, -0.1) is 0 Å². The number of nitrogens with one attached hydrogen (secondary N) is 1. The van der Waals surface area contributed by atoms with Gasteiger partial charge in [0.1, 0.15) is 0 Å². The number of unbranched alkanes of at least 4 members (excludes halogenated alkanes) is 10. The summed E-state index contributed by atoms with van der Waals surface area (Å²) in [5, 5.41) is 1.87. The van der Waals surface area contributed by atoms with Crippen molar-refractivity contribution in [3.63, 3.8) is 0 Å². The molecule has 0 aromatic carbocycles. The summed E-state index contributed by atoms with van der Waals surface area (Å²) in [5.41, 5.74) is 0. The van der Waals surface area contributed by atoms with Crippen LogP contribution < -0.4 is 5.32 Å². The van der Waals surface area contributed by atoms with Crippen molar-refractivity contribution < 1.29 is 22.8 Å². The minimum absolute atomic E-state index is 0.0711. The van der Waals surface area contributed by atoms with Crippen molar-refractivity contribution in [2.75, 3.05) is 6.54 Å². The van der Waals surface area contributed by atoms with Gasteiger partial charge in [0.05, 0.1) is 0 Å². The molecule has 0 aliphatic rings. The molecule has 0 aromatic heterocycles. The Morgan fingerprint density at radius 2 is 1.42 bits per heavy atom. The molecular weight excluding hydrogens is 343 g/mol. The predicted molar refractivity (Wildman–Crippen MR) is 98.9 cm³/mol. The molecular formula is C20H34F3NO2. The molecule has 3 nitrogen and oxygen atoms in total. The smallest absolute Gasteiger partial charge is 0.348 e. The van der Waals surface area contributed by atoms with Crippen LogP contribution in [0.25, 0.3) is 0 Å². The summed E-state index contributed by atoms with van der Waals surface area (Å²) in [7, 11) is 0. The van der Waals surface area contributed by atoms with Crippen molar-refractivity contribution in [3.05, 3.63) is 12.2 Å². The van der Waals surface area contributed by atoms with E-state index in [0.29, 0.717) is 12.8 Å². The van der Waals surface area contributed by atoms with Crippen molar-refractivity contribution in [2.45, 2.75) is 96.6 Å². The van der Waals surface area contributed by atoms with Crippen molar-refractivity contribution in [1.82, 2.24) is 5.32 Å². The molecule has 0 aliphatic heterocycles. The number of hydrogen-bond acceptors (Lipinski definition) is 2. The summed E-state index contributed by atoms with van der Waals surface area (Å²) >= 11 is 0. The summed E-state index contributed by atoms with van der Waals surface area (Å²) in [6, 6.07) is 0. The van der Waals surface area contributed by atoms with Gasteiger partial charge in [-0.3, -0.25) is 9.59 Å². The third-order valence-corrected chi connectivity index (χ3v) is 4.17. The van der Waals surface area contributed by atoms with Gasteiger partial charge < -0.3 is 5.32 Å². The lowest BCUT2D eigenvalue weighted by atomic mass is 10.1. The van der Waals surface area contributed by atoms with Crippen LogP contribution in [-0.2, 0) is 9.59 Å². The molecule has 0 atom stereocenters. The van der Waals surface area contributed by atoms with Crippen LogP contribution in [0.3, 0.4) is 0 Å². The molecule has 0 fully saturated rings. The third kappa shape index (κ3) is 16.2. The predicted octanol–water partition coefficient (Wildman–Crippen LogP) is 5.88. The van der Waals surface area contributed by atoms with E-state index in [4.69, 9.17) is 0 Å². The average molecular weight is 377 g/mol. The quantitative estimate of drug-likeness (QED) is 0.270. The number of carbonyl (C=O) groups excluding carboxylic acids is 2. The van der Waals surface area contributed by atoms with Crippen LogP contribution in [-0.4, -0.2) is 24.4 Å². The normalized spacial score (nSPS) is 11.8. The standard InChI is InChI=1S/C20H34F3NO2/c1-2-3-4-9-12-15-18(25)16-13-10-7-5-6-8-11-14-17-24-19(26)20(21,22)23/h13,16H,2-12,14-15,17H2,1H3,(H,24,26)/b16-13+. The zero-order valence-corrected chi connectivity index (χ0v) is 16.0. The molecule has 0 saturated heterocycles. The van der Waals surface area contributed by atoms with E-state index in [1.807, 2.05) is 11.4 Å². The van der Waals surface area contributed by atoms with Gasteiger partial charge in [0.15, 0.2) is 5.78 Å². The van der Waals surface area contributed by atoms with Crippen molar-refractivity contribution >= 4 is 11.7 Å². The highest BCUT2D eigenvalue weighted by Gasteiger charge is 2.38. The lowest BCUT2D eigenvalue weighted by Crippen LogP contribution is -2.37. The Morgan fingerprint density at radius 3 is 2.08 bits per heavy atom. The van der Waals surface area contributed by atoms with Gasteiger partial charge in [0.25, 0.3) is 0 Å². The van der Waals surface area contributed by atoms with E-state index >= 15 is 0 Å². The number of amides is 1. The summed E-state index contributed by atoms with van der Waals surface area (Å²) in [5.74, 6) is -1.65. The van der Waals surface area contributed by atoms with E-state index in [2.05, 4.69) is 6.92 Å². The SMILES string of the molecule is CCCCCCCC(=O)/C=C/CCCCCCCCNC(=O)C(F)(F)F. The highest BCUT2D eigenvalue weighted by Crippen LogP contribution is 2.14. The minimum atomic E-state index is -4.79. The lowest BCUT2D eigenvalue weighted by molar-refractivity contribution is -0.173. The molecule has 0 heterocycles. The maximum atomic E-state index is 11.9. The monoisotopic (exact) mass is 377 g/mol. The Morgan fingerprint density at radius 1 is 0.846 bits per heavy atom. The van der Waals surface area contributed by atoms with Gasteiger partial charge in [0, 0.05) is 13.0 Å². The largest absolute Gasteiger partial charge is 0.471 e. The summed E-state index contributed by atoms with van der Waals surface area (Å²) < 4.78 is 35.8. The average Bonchev–Trinajstić information content (AvgIpc) is 2.58. The third-order valence-electron chi connectivity index (χ3n) is 4.17. The Labute approximate surface area is 155 Å². The molecule has 0 saturated carbocycles. The summed E-state index contributed by atoms with van der Waals surface area (Å²) in [6.45, 7) is 2.24. The van der Waals surface area contributed by atoms with E-state index in [-0.39, 0.29) is 12.3 Å². The maximum absolute atomic E-state index is 11.9. The Bertz CT molecular complexity index is 406. The Hall–Kier alpha value is -1.33. The van der Waals surface area contributed by atoms with E-state index < -0.39 is 12.1 Å². The molecule has 6 heteroatoms. The van der Waals surface area contributed by atoms with Gasteiger partial charge in [0.2, 0.25) is 0 Å². The fourth-order valence-corrected chi connectivity index (χ4v) is 2.60. The van der Waals surface area contributed by atoms with Crippen LogP contribution in [0, 0.1) is 0 Å². The van der Waals surface area contributed by atoms with Crippen LogP contribution in [0.5, 0.6) is 0 Å². The first-order valence-corrected chi connectivity index (χ1v) is 9.92. The number of hydrogen-bond donors (Lipinski definition) is 1. The molecule has 0 radical (unpaired) electrons. The van der Waals surface area contributed by atoms with Gasteiger partial charge in [-0.25, -0.2) is 0 Å². The minimum Gasteiger partial charge on any atom is -0.348 e. The molecule has 0 rings (SSSR count). The highest BCUT2D eigenvalue weighted by molar-refractivity contribution is 5.89. The number of alkyl halides is 3. The molecule has 0 spiro atoms. The second-order valence-corrected chi connectivity index (χ2v) is 6.70. The molecule has 1 amide bonds. The first-order chi connectivity index (χ1) is 12.4. The molecule has 1 N–H and O–H groups in total. The van der Waals surface area contributed by atoms with Crippen molar-refractivity contribution in [3.8, 4) is 0 Å². The summed E-state index contributed by atoms with van der Waals surface area (Å²) in [4.78, 5) is 22.2. The van der Waals surface area contributed by atoms with Gasteiger partial charge >= 0.3 is 12.1 Å². The van der Waals surface area contributed by atoms with E-state index in [9.17, 15) is 22.8 Å². The number of ketones is 1. The van der Waals surface area contributed by atoms with Crippen LogP contribution in [0.4, 0.5) is 13.2 Å². The fourth-order valence-electron chi connectivity index (χ4n) is 2.60. The molecule has 26 heavy (non-hydrogen) atoms. The number of halogens is 3. The van der Waals surface area contributed by atoms with E-state index in [0.717, 1.165) is 51.4 Å². The number of allylic oxidation sites excluding steroid dienone is 2. The number of carbonyl (C=O) groups is 2.